The smallest absolute Gasteiger partial charge is 0.264 e. The molecule has 1 unspecified atom stereocenters. The van der Waals surface area contributed by atoms with Crippen molar-refractivity contribution in [3.05, 3.63) is 42.0 Å². The summed E-state index contributed by atoms with van der Waals surface area (Å²) in [6, 6.07) is 11.8. The number of hydrogen-bond donors (Lipinski definition) is 0. The number of fused-ring (bicyclic) bond motifs is 1. The van der Waals surface area contributed by atoms with E-state index in [2.05, 4.69) is 0 Å². The zero-order valence-electron chi connectivity index (χ0n) is 11.8. The summed E-state index contributed by atoms with van der Waals surface area (Å²) in [6.45, 7) is 2.09. The molecule has 20 heavy (non-hydrogen) atoms. The molecule has 0 aliphatic heterocycles. The van der Waals surface area contributed by atoms with E-state index in [4.69, 9.17) is 8.92 Å². The molecule has 0 heterocycles. The van der Waals surface area contributed by atoms with Gasteiger partial charge in [0, 0.05) is 5.92 Å². The molecule has 0 aliphatic carbocycles. The number of benzene rings is 2. The molecule has 108 valence electrons. The molecular weight excluding hydrogens is 276 g/mol. The molecule has 0 bridgehead atoms. The van der Waals surface area contributed by atoms with Crippen molar-refractivity contribution in [3.63, 3.8) is 0 Å². The van der Waals surface area contributed by atoms with Crippen molar-refractivity contribution in [1.29, 1.82) is 0 Å². The summed E-state index contributed by atoms with van der Waals surface area (Å²) in [6.07, 6.45) is 1.06. The van der Waals surface area contributed by atoms with Crippen LogP contribution in [0.3, 0.4) is 0 Å². The molecule has 2 aromatic carbocycles. The van der Waals surface area contributed by atoms with Gasteiger partial charge in [-0.25, -0.2) is 0 Å². The summed E-state index contributed by atoms with van der Waals surface area (Å²) in [7, 11) is -1.78. The Bertz CT molecular complexity index is 707. The van der Waals surface area contributed by atoms with Crippen molar-refractivity contribution in [2.24, 2.45) is 0 Å². The SMILES string of the molecule is COc1ccc2c(C(C)COS(C)(=O)=O)cccc2c1. The van der Waals surface area contributed by atoms with Crippen molar-refractivity contribution < 1.29 is 17.3 Å². The van der Waals surface area contributed by atoms with Crippen molar-refractivity contribution in [1.82, 2.24) is 0 Å². The van der Waals surface area contributed by atoms with Gasteiger partial charge >= 0.3 is 0 Å². The zero-order chi connectivity index (χ0) is 14.8. The van der Waals surface area contributed by atoms with E-state index in [1.165, 1.54) is 0 Å². The Labute approximate surface area is 119 Å². The van der Waals surface area contributed by atoms with Gasteiger partial charge in [-0.2, -0.15) is 8.42 Å². The number of ether oxygens (including phenoxy) is 1. The molecule has 5 heteroatoms. The van der Waals surface area contributed by atoms with Crippen LogP contribution in [0.4, 0.5) is 0 Å². The number of methoxy groups -OCH3 is 1. The van der Waals surface area contributed by atoms with Gasteiger partial charge in [0.25, 0.3) is 10.1 Å². The van der Waals surface area contributed by atoms with Crippen LogP contribution >= 0.6 is 0 Å². The van der Waals surface area contributed by atoms with Crippen molar-refractivity contribution in [2.45, 2.75) is 12.8 Å². The lowest BCUT2D eigenvalue weighted by molar-refractivity contribution is 0.302. The van der Waals surface area contributed by atoms with Crippen molar-refractivity contribution >= 4 is 20.9 Å². The summed E-state index contributed by atoms with van der Waals surface area (Å²) < 4.78 is 32.2. The van der Waals surface area contributed by atoms with E-state index in [1.54, 1.807) is 7.11 Å². The second kappa shape index (κ2) is 5.81. The predicted molar refractivity (Wildman–Crippen MR) is 79.7 cm³/mol. The van der Waals surface area contributed by atoms with E-state index in [0.29, 0.717) is 0 Å². The van der Waals surface area contributed by atoms with Crippen LogP contribution in [0.2, 0.25) is 0 Å². The average Bonchev–Trinajstić information content (AvgIpc) is 2.42. The molecule has 0 aliphatic rings. The largest absolute Gasteiger partial charge is 0.497 e. The highest BCUT2D eigenvalue weighted by molar-refractivity contribution is 7.85. The highest BCUT2D eigenvalue weighted by atomic mass is 32.2. The van der Waals surface area contributed by atoms with Crippen molar-refractivity contribution in [3.8, 4) is 5.75 Å². The van der Waals surface area contributed by atoms with Crippen LogP contribution in [0.1, 0.15) is 18.4 Å². The van der Waals surface area contributed by atoms with Gasteiger partial charge in [-0.05, 0) is 28.5 Å². The van der Waals surface area contributed by atoms with Gasteiger partial charge in [0.15, 0.2) is 0 Å². The molecule has 0 fully saturated rings. The van der Waals surface area contributed by atoms with Gasteiger partial charge in [-0.3, -0.25) is 4.18 Å². The van der Waals surface area contributed by atoms with E-state index in [1.807, 2.05) is 43.3 Å². The molecular formula is C15H18O4S. The normalized spacial score (nSPS) is 13.3. The topological polar surface area (TPSA) is 52.6 Å². The summed E-state index contributed by atoms with van der Waals surface area (Å²) >= 11 is 0. The quantitative estimate of drug-likeness (QED) is 0.796. The lowest BCUT2D eigenvalue weighted by Crippen LogP contribution is -2.10. The van der Waals surface area contributed by atoms with Crippen LogP contribution in [0.5, 0.6) is 5.75 Å². The summed E-state index contributed by atoms with van der Waals surface area (Å²) in [5, 5.41) is 2.14. The molecule has 0 saturated heterocycles. The van der Waals surface area contributed by atoms with E-state index in [-0.39, 0.29) is 12.5 Å². The highest BCUT2D eigenvalue weighted by Gasteiger charge is 2.13. The van der Waals surface area contributed by atoms with Gasteiger partial charge in [0.2, 0.25) is 0 Å². The van der Waals surface area contributed by atoms with Crippen LogP contribution in [0, 0.1) is 0 Å². The molecule has 0 radical (unpaired) electrons. The van der Waals surface area contributed by atoms with Gasteiger partial charge in [0.1, 0.15) is 5.75 Å². The van der Waals surface area contributed by atoms with Gasteiger partial charge in [-0.15, -0.1) is 0 Å². The average molecular weight is 294 g/mol. The fraction of sp³-hybridized carbons (Fsp3) is 0.333. The van der Waals surface area contributed by atoms with Crippen molar-refractivity contribution in [2.75, 3.05) is 20.0 Å². The Kier molecular flexibility index (Phi) is 4.30. The third-order valence-electron chi connectivity index (χ3n) is 3.18. The maximum Gasteiger partial charge on any atom is 0.264 e. The predicted octanol–water partition coefficient (Wildman–Crippen LogP) is 2.93. The molecule has 4 nitrogen and oxygen atoms in total. The van der Waals surface area contributed by atoms with E-state index in [0.717, 1.165) is 28.3 Å². The first-order valence-electron chi connectivity index (χ1n) is 6.32. The fourth-order valence-corrected chi connectivity index (χ4v) is 2.61. The zero-order valence-corrected chi connectivity index (χ0v) is 12.6. The minimum atomic E-state index is -3.41. The van der Waals surface area contributed by atoms with Gasteiger partial charge in [0.05, 0.1) is 20.0 Å². The molecule has 2 rings (SSSR count). The third-order valence-corrected chi connectivity index (χ3v) is 3.75. The van der Waals surface area contributed by atoms with Crippen LogP contribution in [-0.2, 0) is 14.3 Å². The van der Waals surface area contributed by atoms with Crippen LogP contribution in [0.25, 0.3) is 10.8 Å². The molecule has 0 aromatic heterocycles. The van der Waals surface area contributed by atoms with Crippen LogP contribution < -0.4 is 4.74 Å². The second-order valence-corrected chi connectivity index (χ2v) is 6.47. The first-order valence-corrected chi connectivity index (χ1v) is 8.13. The molecule has 0 saturated carbocycles. The fourth-order valence-electron chi connectivity index (χ4n) is 2.16. The summed E-state index contributed by atoms with van der Waals surface area (Å²) in [5.41, 5.74) is 1.06. The lowest BCUT2D eigenvalue weighted by atomic mass is 9.95. The van der Waals surface area contributed by atoms with Crippen LogP contribution in [0.15, 0.2) is 36.4 Å². The Morgan fingerprint density at radius 2 is 1.95 bits per heavy atom. The minimum Gasteiger partial charge on any atom is -0.497 e. The molecule has 0 spiro atoms. The maximum absolute atomic E-state index is 11.1. The summed E-state index contributed by atoms with van der Waals surface area (Å²) in [4.78, 5) is 0. The monoisotopic (exact) mass is 294 g/mol. The first kappa shape index (κ1) is 14.8. The Morgan fingerprint density at radius 1 is 1.20 bits per heavy atom. The second-order valence-electron chi connectivity index (χ2n) is 4.82. The first-order chi connectivity index (χ1) is 9.40. The van der Waals surface area contributed by atoms with E-state index in [9.17, 15) is 8.42 Å². The lowest BCUT2D eigenvalue weighted by Gasteiger charge is -2.14. The summed E-state index contributed by atoms with van der Waals surface area (Å²) in [5.74, 6) is 0.788. The Morgan fingerprint density at radius 3 is 2.60 bits per heavy atom. The molecule has 0 N–H and O–H groups in total. The minimum absolute atomic E-state index is 0.0122. The van der Waals surface area contributed by atoms with E-state index >= 15 is 0 Å². The van der Waals surface area contributed by atoms with E-state index < -0.39 is 10.1 Å². The maximum atomic E-state index is 11.1. The van der Waals surface area contributed by atoms with Gasteiger partial charge in [-0.1, -0.05) is 31.2 Å². The van der Waals surface area contributed by atoms with Gasteiger partial charge < -0.3 is 4.74 Å². The highest BCUT2D eigenvalue weighted by Crippen LogP contribution is 2.28. The third kappa shape index (κ3) is 3.49. The Hall–Kier alpha value is -1.59. The number of hydrogen-bond acceptors (Lipinski definition) is 4. The number of rotatable bonds is 5. The molecule has 2 aromatic rings. The Balaban J connectivity index is 2.34. The molecule has 1 atom stereocenters. The molecule has 0 amide bonds. The standard InChI is InChI=1S/C15H18O4S/c1-11(10-19-20(3,16)17)14-6-4-5-12-9-13(18-2)7-8-15(12)14/h4-9,11H,10H2,1-3H3. The van der Waals surface area contributed by atoms with Crippen LogP contribution in [-0.4, -0.2) is 28.4 Å².